The summed E-state index contributed by atoms with van der Waals surface area (Å²) in [7, 11) is 3.17. The number of hydrogen-bond donors (Lipinski definition) is 5. The minimum absolute atomic E-state index is 0.0317. The number of fused-ring (bicyclic) bond motifs is 3. The number of carbonyl (C=O) groups excluding carboxylic acids is 4. The molecule has 12 nitrogen and oxygen atoms in total. The number of hydrogen-bond acceptors (Lipinski definition) is 11. The van der Waals surface area contributed by atoms with Gasteiger partial charge in [-0.25, -0.2) is 0 Å². The van der Waals surface area contributed by atoms with Gasteiger partial charge in [-0.05, 0) is 57.5 Å². The number of aliphatic hydroxyl groups is 3. The predicted molar refractivity (Wildman–Crippen MR) is 130 cm³/mol. The first-order chi connectivity index (χ1) is 17.9. The first-order valence-electron chi connectivity index (χ1n) is 11.8. The Morgan fingerprint density at radius 3 is 2.47 bits per heavy atom. The van der Waals surface area contributed by atoms with Crippen LogP contribution in [0.1, 0.15) is 39.8 Å². The SMILES string of the molecule is CC(=O)C1=C(O)C(N(C)C)[C@@H]2C[C@@H]3Cc4c(NC(=O)c5ccno5)ccc(O)c4C(=O)C3=C(O)[C@]2(O)C1=O. The van der Waals surface area contributed by atoms with Crippen LogP contribution in [0, 0.1) is 11.8 Å². The summed E-state index contributed by atoms with van der Waals surface area (Å²) in [6, 6.07) is 2.95. The van der Waals surface area contributed by atoms with Crippen LogP contribution >= 0.6 is 0 Å². The van der Waals surface area contributed by atoms with Gasteiger partial charge in [0.1, 0.15) is 22.8 Å². The van der Waals surface area contributed by atoms with E-state index in [0.717, 1.165) is 6.92 Å². The number of allylic oxidation sites excluding steroid dienone is 1. The first kappa shape index (κ1) is 25.4. The van der Waals surface area contributed by atoms with Crippen LogP contribution in [-0.2, 0) is 16.0 Å². The monoisotopic (exact) mass is 523 g/mol. The number of carbonyl (C=O) groups is 4. The van der Waals surface area contributed by atoms with E-state index in [1.807, 2.05) is 0 Å². The van der Waals surface area contributed by atoms with E-state index < -0.39 is 69.6 Å². The highest BCUT2D eigenvalue weighted by Gasteiger charge is 2.63. The molecule has 0 bridgehead atoms. The highest BCUT2D eigenvalue weighted by Crippen LogP contribution is 2.53. The zero-order valence-corrected chi connectivity index (χ0v) is 20.7. The van der Waals surface area contributed by atoms with Crippen molar-refractivity contribution < 1.29 is 44.1 Å². The average Bonchev–Trinajstić information content (AvgIpc) is 3.38. The Bertz CT molecular complexity index is 1470. The second-order valence-electron chi connectivity index (χ2n) is 9.97. The van der Waals surface area contributed by atoms with E-state index in [4.69, 9.17) is 4.52 Å². The molecule has 4 atom stereocenters. The molecule has 1 aromatic carbocycles. The number of phenolic OH excluding ortho intramolecular Hbond substituents is 1. The third kappa shape index (κ3) is 3.41. The fraction of sp³-hybridized carbons (Fsp3) is 0.346. The second kappa shape index (κ2) is 8.64. The normalized spacial score (nSPS) is 26.7. The Morgan fingerprint density at radius 2 is 1.87 bits per heavy atom. The Morgan fingerprint density at radius 1 is 1.16 bits per heavy atom. The van der Waals surface area contributed by atoms with Crippen molar-refractivity contribution in [2.75, 3.05) is 19.4 Å². The standard InChI is InChI=1S/C26H25N3O9/c1-10(30)17-22(33)20(29(2)3)13-9-11-8-12-14(28-25(36)16-6-7-27-38-16)4-5-15(31)19(12)21(32)18(11)24(35)26(13,37)23(17)34/h4-7,11,13,20,31,33,35,37H,8-9H2,1-3H3,(H,28,36)/t11-,13-,20?,26+/m0/s1. The van der Waals surface area contributed by atoms with Gasteiger partial charge in [0.25, 0.3) is 5.91 Å². The maximum absolute atomic E-state index is 13.7. The van der Waals surface area contributed by atoms with Gasteiger partial charge in [-0.2, -0.15) is 0 Å². The van der Waals surface area contributed by atoms with Gasteiger partial charge in [-0.3, -0.25) is 24.1 Å². The lowest BCUT2D eigenvalue weighted by Crippen LogP contribution is -2.63. The number of aliphatic hydroxyl groups excluding tert-OH is 2. The summed E-state index contributed by atoms with van der Waals surface area (Å²) in [6.45, 7) is 1.06. The number of nitrogens with zero attached hydrogens (tertiary/aromatic N) is 2. The molecule has 1 amide bonds. The molecule has 0 spiro atoms. The number of amides is 1. The quantitative estimate of drug-likeness (QED) is 0.288. The van der Waals surface area contributed by atoms with E-state index in [1.54, 1.807) is 14.1 Å². The van der Waals surface area contributed by atoms with Gasteiger partial charge in [-0.1, -0.05) is 5.16 Å². The van der Waals surface area contributed by atoms with E-state index in [9.17, 15) is 39.6 Å². The number of nitrogens with one attached hydrogen (secondary N) is 1. The van der Waals surface area contributed by atoms with Crippen LogP contribution in [0.2, 0.25) is 0 Å². The Kier molecular flexibility index (Phi) is 5.76. The van der Waals surface area contributed by atoms with E-state index >= 15 is 0 Å². The fourth-order valence-corrected chi connectivity index (χ4v) is 5.99. The van der Waals surface area contributed by atoms with Crippen molar-refractivity contribution >= 4 is 28.9 Å². The molecule has 3 aliphatic rings. The van der Waals surface area contributed by atoms with Crippen LogP contribution in [0.3, 0.4) is 0 Å². The van der Waals surface area contributed by atoms with Crippen molar-refractivity contribution in [1.82, 2.24) is 10.1 Å². The van der Waals surface area contributed by atoms with Crippen molar-refractivity contribution in [3.63, 3.8) is 0 Å². The minimum atomic E-state index is -2.64. The maximum Gasteiger partial charge on any atom is 0.294 e. The molecule has 1 heterocycles. The largest absolute Gasteiger partial charge is 0.510 e. The van der Waals surface area contributed by atoms with Crippen molar-refractivity contribution in [3.8, 4) is 5.75 Å². The number of aromatic nitrogens is 1. The zero-order valence-electron chi connectivity index (χ0n) is 20.7. The molecular weight excluding hydrogens is 498 g/mol. The van der Waals surface area contributed by atoms with Crippen molar-refractivity contribution in [1.29, 1.82) is 0 Å². The molecule has 0 fully saturated rings. The van der Waals surface area contributed by atoms with Crippen LogP contribution in [-0.4, -0.2) is 79.5 Å². The van der Waals surface area contributed by atoms with Gasteiger partial charge in [0.2, 0.25) is 11.5 Å². The van der Waals surface area contributed by atoms with Gasteiger partial charge < -0.3 is 30.3 Å². The molecule has 3 aliphatic carbocycles. The molecule has 5 N–H and O–H groups in total. The van der Waals surface area contributed by atoms with Crippen LogP contribution in [0.5, 0.6) is 5.75 Å². The molecule has 0 saturated heterocycles. The third-order valence-electron chi connectivity index (χ3n) is 7.62. The molecular formula is C26H25N3O9. The summed E-state index contributed by atoms with van der Waals surface area (Å²) in [5.74, 6) is -7.22. The van der Waals surface area contributed by atoms with Crippen LogP contribution in [0.15, 0.2) is 51.6 Å². The Hall–Kier alpha value is -4.29. The summed E-state index contributed by atoms with van der Waals surface area (Å²) in [5, 5.41) is 50.6. The zero-order chi connectivity index (χ0) is 27.7. The van der Waals surface area contributed by atoms with Gasteiger partial charge in [-0.15, -0.1) is 0 Å². The molecule has 5 rings (SSSR count). The predicted octanol–water partition coefficient (Wildman–Crippen LogP) is 1.46. The minimum Gasteiger partial charge on any atom is -0.510 e. The van der Waals surface area contributed by atoms with Gasteiger partial charge >= 0.3 is 0 Å². The lowest BCUT2D eigenvalue weighted by molar-refractivity contribution is -0.148. The van der Waals surface area contributed by atoms with Gasteiger partial charge in [0.15, 0.2) is 17.2 Å². The topological polar surface area (TPSA) is 190 Å². The van der Waals surface area contributed by atoms with E-state index in [-0.39, 0.29) is 35.4 Å². The molecule has 38 heavy (non-hydrogen) atoms. The molecule has 1 aromatic heterocycles. The van der Waals surface area contributed by atoms with Crippen LogP contribution < -0.4 is 5.32 Å². The summed E-state index contributed by atoms with van der Waals surface area (Å²) >= 11 is 0. The molecule has 0 saturated carbocycles. The summed E-state index contributed by atoms with van der Waals surface area (Å²) in [5.41, 5.74) is -3.23. The van der Waals surface area contributed by atoms with E-state index in [0.29, 0.717) is 5.56 Å². The average molecular weight is 523 g/mol. The maximum atomic E-state index is 13.7. The van der Waals surface area contributed by atoms with Crippen LogP contribution in [0.25, 0.3) is 0 Å². The first-order valence-corrected chi connectivity index (χ1v) is 11.8. The Labute approximate surface area is 215 Å². The number of aromatic hydroxyl groups is 1. The third-order valence-corrected chi connectivity index (χ3v) is 7.62. The molecule has 0 aliphatic heterocycles. The number of ketones is 3. The van der Waals surface area contributed by atoms with Crippen LogP contribution in [0.4, 0.5) is 5.69 Å². The molecule has 12 heteroatoms. The molecule has 1 unspecified atom stereocenters. The summed E-state index contributed by atoms with van der Waals surface area (Å²) < 4.78 is 4.87. The number of likely N-dealkylation sites (N-methyl/N-ethyl adjacent to an activating group) is 1. The number of phenols is 1. The molecule has 0 radical (unpaired) electrons. The fourth-order valence-electron chi connectivity index (χ4n) is 5.99. The lowest BCUT2D eigenvalue weighted by atomic mass is 9.58. The number of Topliss-reactive ketones (excluding diaryl/α,β-unsaturated/α-hetero) is 3. The number of benzene rings is 1. The highest BCUT2D eigenvalue weighted by atomic mass is 16.5. The van der Waals surface area contributed by atoms with Crippen molar-refractivity contribution in [2.24, 2.45) is 11.8 Å². The lowest BCUT2D eigenvalue weighted by Gasteiger charge is -2.50. The molecule has 2 aromatic rings. The van der Waals surface area contributed by atoms with E-state index in [1.165, 1.54) is 29.3 Å². The number of rotatable bonds is 4. The second-order valence-corrected chi connectivity index (χ2v) is 9.97. The van der Waals surface area contributed by atoms with Gasteiger partial charge in [0.05, 0.1) is 17.8 Å². The smallest absolute Gasteiger partial charge is 0.294 e. The molecule has 198 valence electrons. The van der Waals surface area contributed by atoms with Crippen molar-refractivity contribution in [2.45, 2.75) is 31.4 Å². The summed E-state index contributed by atoms with van der Waals surface area (Å²) in [4.78, 5) is 53.4. The number of anilines is 1. The van der Waals surface area contributed by atoms with E-state index in [2.05, 4.69) is 10.5 Å². The van der Waals surface area contributed by atoms with Gasteiger partial charge in [0, 0.05) is 23.2 Å². The Balaban J connectivity index is 1.65. The summed E-state index contributed by atoms with van der Waals surface area (Å²) in [6.07, 6.45) is 1.31. The highest BCUT2D eigenvalue weighted by molar-refractivity contribution is 6.25. The van der Waals surface area contributed by atoms with Crippen molar-refractivity contribution in [3.05, 3.63) is 63.9 Å².